The van der Waals surface area contributed by atoms with Gasteiger partial charge in [0.1, 0.15) is 28.2 Å². The Labute approximate surface area is 224 Å². The number of hydrogen-bond acceptors (Lipinski definition) is 6. The van der Waals surface area contributed by atoms with Gasteiger partial charge in [0, 0.05) is 25.7 Å². The van der Waals surface area contributed by atoms with Crippen LogP contribution in [0, 0.1) is 0 Å². The number of carbonyl (C=O) groups is 1. The van der Waals surface area contributed by atoms with E-state index in [4.69, 9.17) is 25.8 Å². The van der Waals surface area contributed by atoms with E-state index in [1.807, 2.05) is 19.1 Å². The predicted octanol–water partition coefficient (Wildman–Crippen LogP) is 4.99. The molecule has 4 rings (SSSR count). The molecular weight excluding hydrogens is 516 g/mol. The molecule has 8 nitrogen and oxygen atoms in total. The maximum Gasteiger partial charge on any atom is 0.257 e. The van der Waals surface area contributed by atoms with Crippen LogP contribution < -0.4 is 14.2 Å². The summed E-state index contributed by atoms with van der Waals surface area (Å²) < 4.78 is 47.3. The lowest BCUT2D eigenvalue weighted by Gasteiger charge is -2.40. The van der Waals surface area contributed by atoms with E-state index in [0.29, 0.717) is 62.4 Å². The largest absolute Gasteiger partial charge is 0.495 e. The quantitative estimate of drug-likeness (QED) is 0.521. The van der Waals surface area contributed by atoms with Crippen molar-refractivity contribution >= 4 is 27.5 Å². The lowest BCUT2D eigenvalue weighted by atomic mass is 9.92. The zero-order chi connectivity index (χ0) is 26.6. The molecule has 0 bridgehead atoms. The Morgan fingerprint density at radius 3 is 2.43 bits per heavy atom. The van der Waals surface area contributed by atoms with Crippen LogP contribution in [0.2, 0.25) is 5.02 Å². The lowest BCUT2D eigenvalue weighted by molar-refractivity contribution is 0.0641. The van der Waals surface area contributed by atoms with Crippen molar-refractivity contribution in [3.05, 3.63) is 47.0 Å². The molecule has 2 aromatic rings. The number of para-hydroxylation sites is 1. The summed E-state index contributed by atoms with van der Waals surface area (Å²) in [5.41, 5.74) is 0.507. The van der Waals surface area contributed by atoms with E-state index < -0.39 is 22.2 Å². The first kappa shape index (κ1) is 27.5. The number of methoxy groups -OCH3 is 2. The van der Waals surface area contributed by atoms with Gasteiger partial charge in [-0.2, -0.15) is 4.31 Å². The maximum atomic E-state index is 14.2. The van der Waals surface area contributed by atoms with Gasteiger partial charge in [0.05, 0.1) is 30.8 Å². The van der Waals surface area contributed by atoms with Crippen molar-refractivity contribution in [2.75, 3.05) is 33.9 Å². The van der Waals surface area contributed by atoms with Crippen molar-refractivity contribution in [3.63, 3.8) is 0 Å². The van der Waals surface area contributed by atoms with Crippen LogP contribution >= 0.6 is 11.6 Å². The smallest absolute Gasteiger partial charge is 0.257 e. The predicted molar refractivity (Wildman–Crippen MR) is 142 cm³/mol. The third-order valence-electron chi connectivity index (χ3n) is 7.18. The van der Waals surface area contributed by atoms with Gasteiger partial charge in [0.2, 0.25) is 10.0 Å². The molecule has 1 fully saturated rings. The van der Waals surface area contributed by atoms with E-state index in [1.54, 1.807) is 21.3 Å². The Bertz CT molecular complexity index is 1220. The summed E-state index contributed by atoms with van der Waals surface area (Å²) in [6, 6.07) is 9.75. The first-order valence-corrected chi connectivity index (χ1v) is 14.6. The number of fused-ring (bicyclic) bond motifs is 2. The highest BCUT2D eigenvalue weighted by Crippen LogP contribution is 2.39. The normalized spacial score (nSPS) is 21.6. The molecule has 0 radical (unpaired) electrons. The van der Waals surface area contributed by atoms with E-state index in [9.17, 15) is 13.2 Å². The molecule has 0 N–H and O–H groups in total. The Kier molecular flexibility index (Phi) is 8.87. The van der Waals surface area contributed by atoms with Gasteiger partial charge in [0.25, 0.3) is 5.91 Å². The minimum absolute atomic E-state index is 0.00276. The molecule has 0 aromatic heterocycles. The SMILES string of the molecule is CCN1CCCCN(S(=O)(=O)c2cc(Cl)c(OC)cc2OC)[C@@H]2CCCC[C@@H]2Oc2ccccc2C1=O. The highest BCUT2D eigenvalue weighted by Gasteiger charge is 2.40. The molecule has 1 aliphatic carbocycles. The van der Waals surface area contributed by atoms with E-state index in [2.05, 4.69) is 0 Å². The highest BCUT2D eigenvalue weighted by molar-refractivity contribution is 7.89. The van der Waals surface area contributed by atoms with Crippen LogP contribution in [0.1, 0.15) is 55.8 Å². The monoisotopic (exact) mass is 550 g/mol. The fourth-order valence-electron chi connectivity index (χ4n) is 5.22. The first-order chi connectivity index (χ1) is 17.8. The number of nitrogens with zero attached hydrogens (tertiary/aromatic N) is 2. The minimum atomic E-state index is -4.01. The van der Waals surface area contributed by atoms with Crippen molar-refractivity contribution in [3.8, 4) is 17.2 Å². The molecule has 1 amide bonds. The van der Waals surface area contributed by atoms with Crippen LogP contribution in [0.25, 0.3) is 0 Å². The van der Waals surface area contributed by atoms with Gasteiger partial charge >= 0.3 is 0 Å². The second kappa shape index (κ2) is 11.9. The lowest BCUT2D eigenvalue weighted by Crippen LogP contribution is -2.51. The Morgan fingerprint density at radius 1 is 1.00 bits per heavy atom. The third-order valence-corrected chi connectivity index (χ3v) is 9.42. The van der Waals surface area contributed by atoms with Gasteiger partial charge in [-0.25, -0.2) is 8.42 Å². The van der Waals surface area contributed by atoms with E-state index in [-0.39, 0.29) is 21.6 Å². The summed E-state index contributed by atoms with van der Waals surface area (Å²) in [6.07, 6.45) is 4.04. The molecular formula is C27H35ClN2O6S. The summed E-state index contributed by atoms with van der Waals surface area (Å²) in [7, 11) is -1.11. The molecule has 0 unspecified atom stereocenters. The molecule has 0 spiro atoms. The molecule has 0 saturated heterocycles. The van der Waals surface area contributed by atoms with Crippen molar-refractivity contribution < 1.29 is 27.4 Å². The Balaban J connectivity index is 1.79. The van der Waals surface area contributed by atoms with Crippen LogP contribution in [-0.2, 0) is 10.0 Å². The summed E-state index contributed by atoms with van der Waals surface area (Å²) in [5, 5.41) is 0.193. The molecule has 2 atom stereocenters. The summed E-state index contributed by atoms with van der Waals surface area (Å²) in [4.78, 5) is 15.1. The van der Waals surface area contributed by atoms with Crippen molar-refractivity contribution in [2.24, 2.45) is 0 Å². The number of benzene rings is 2. The van der Waals surface area contributed by atoms with Gasteiger partial charge in [-0.15, -0.1) is 0 Å². The molecule has 10 heteroatoms. The second-order valence-corrected chi connectivity index (χ2v) is 11.6. The van der Waals surface area contributed by atoms with E-state index in [0.717, 1.165) is 12.8 Å². The zero-order valence-corrected chi connectivity index (χ0v) is 23.2. The fourth-order valence-corrected chi connectivity index (χ4v) is 7.41. The van der Waals surface area contributed by atoms with Crippen LogP contribution in [0.5, 0.6) is 17.2 Å². The number of ether oxygens (including phenoxy) is 3. The summed E-state index contributed by atoms with van der Waals surface area (Å²) >= 11 is 6.36. The fraction of sp³-hybridized carbons (Fsp3) is 0.519. The van der Waals surface area contributed by atoms with Crippen LogP contribution in [0.4, 0.5) is 0 Å². The maximum absolute atomic E-state index is 14.2. The van der Waals surface area contributed by atoms with Crippen molar-refractivity contribution in [1.29, 1.82) is 0 Å². The summed E-state index contributed by atoms with van der Waals surface area (Å²) in [5.74, 6) is 0.943. The van der Waals surface area contributed by atoms with E-state index >= 15 is 0 Å². The average Bonchev–Trinajstić information content (AvgIpc) is 2.90. The van der Waals surface area contributed by atoms with Gasteiger partial charge in [-0.1, -0.05) is 30.2 Å². The Morgan fingerprint density at radius 2 is 1.70 bits per heavy atom. The number of amides is 1. The number of hydrogen-bond donors (Lipinski definition) is 0. The highest BCUT2D eigenvalue weighted by atomic mass is 35.5. The van der Waals surface area contributed by atoms with Crippen molar-refractivity contribution in [1.82, 2.24) is 9.21 Å². The molecule has 2 aliphatic rings. The van der Waals surface area contributed by atoms with Gasteiger partial charge < -0.3 is 19.1 Å². The van der Waals surface area contributed by atoms with Gasteiger partial charge in [0.15, 0.2) is 0 Å². The molecule has 1 saturated carbocycles. The van der Waals surface area contributed by atoms with Crippen molar-refractivity contribution in [2.45, 2.75) is 62.5 Å². The minimum Gasteiger partial charge on any atom is -0.495 e. The standard InChI is InChI=1S/C27H35ClN2O6S/c1-4-29-15-9-10-16-30(37(32,33)26-17-20(28)24(34-2)18-25(26)35-3)21-12-6-8-14-23(21)36-22-13-7-5-11-19(22)27(29)31/h5,7,11,13,17-18,21,23H,4,6,8-10,12,14-16H2,1-3H3/t21-,23+/m1/s1. The van der Waals surface area contributed by atoms with E-state index in [1.165, 1.54) is 26.4 Å². The third kappa shape index (κ3) is 5.68. The van der Waals surface area contributed by atoms with Crippen LogP contribution in [0.15, 0.2) is 41.3 Å². The number of sulfonamides is 1. The number of carbonyl (C=O) groups excluding carboxylic acids is 1. The first-order valence-electron chi connectivity index (χ1n) is 12.8. The summed E-state index contributed by atoms with van der Waals surface area (Å²) in [6.45, 7) is 3.33. The number of halogens is 1. The van der Waals surface area contributed by atoms with Gasteiger partial charge in [-0.3, -0.25) is 4.79 Å². The topological polar surface area (TPSA) is 85.4 Å². The Hall–Kier alpha value is -2.49. The van der Waals surface area contributed by atoms with Crippen LogP contribution in [-0.4, -0.2) is 69.5 Å². The molecule has 2 aromatic carbocycles. The van der Waals surface area contributed by atoms with Crippen LogP contribution in [0.3, 0.4) is 0 Å². The average molecular weight is 551 g/mol. The molecule has 37 heavy (non-hydrogen) atoms. The second-order valence-electron chi connectivity index (χ2n) is 9.35. The zero-order valence-electron chi connectivity index (χ0n) is 21.6. The molecule has 1 heterocycles. The molecule has 202 valence electrons. The number of rotatable bonds is 5. The molecule has 1 aliphatic heterocycles. The van der Waals surface area contributed by atoms with Gasteiger partial charge in [-0.05, 0) is 57.2 Å².